The highest BCUT2D eigenvalue weighted by Crippen LogP contribution is 2.28. The van der Waals surface area contributed by atoms with Crippen LogP contribution in [0.4, 0.5) is 0 Å². The molecular weight excluding hydrogens is 358 g/mol. The van der Waals surface area contributed by atoms with E-state index in [0.717, 1.165) is 42.8 Å². The number of nitrogens with zero attached hydrogens (tertiary/aromatic N) is 3. The van der Waals surface area contributed by atoms with E-state index in [4.69, 9.17) is 4.74 Å². The molecule has 1 unspecified atom stereocenters. The summed E-state index contributed by atoms with van der Waals surface area (Å²) in [4.78, 5) is 0. The van der Waals surface area contributed by atoms with Gasteiger partial charge in [-0.2, -0.15) is 0 Å². The zero-order valence-corrected chi connectivity index (χ0v) is 16.8. The van der Waals surface area contributed by atoms with Crippen LogP contribution in [0.5, 0.6) is 5.75 Å². The second-order valence-electron chi connectivity index (χ2n) is 8.18. The van der Waals surface area contributed by atoms with Crippen molar-refractivity contribution in [3.05, 3.63) is 76.6 Å². The maximum Gasteiger partial charge on any atom is 0.123 e. The fourth-order valence-electron chi connectivity index (χ4n) is 3.77. The Kier molecular flexibility index (Phi) is 4.81. The number of rotatable bonds is 4. The number of benzene rings is 2. The summed E-state index contributed by atoms with van der Waals surface area (Å²) < 4.78 is 8.06. The van der Waals surface area contributed by atoms with E-state index < -0.39 is 0 Å². The van der Waals surface area contributed by atoms with Crippen LogP contribution in [0.3, 0.4) is 0 Å². The van der Waals surface area contributed by atoms with E-state index in [1.54, 1.807) is 0 Å². The van der Waals surface area contributed by atoms with E-state index in [1.807, 2.05) is 16.9 Å². The smallest absolute Gasteiger partial charge is 0.123 e. The minimum absolute atomic E-state index is 0.141. The van der Waals surface area contributed by atoms with Gasteiger partial charge < -0.3 is 4.74 Å². The standard InChI is InChI=1S/C25H25N3O/c1-18-6-7-20(11-10-19-8-9-19)14-22(18)15-23-16-28(27-26-23)17-24-13-12-21-4-2-3-5-25(21)29-24/h2-7,14,16,19,24H,8-9,12-13,15,17H2,1H3. The molecular formula is C25H25N3O. The van der Waals surface area contributed by atoms with Gasteiger partial charge in [0, 0.05) is 24.1 Å². The fourth-order valence-corrected chi connectivity index (χ4v) is 3.77. The van der Waals surface area contributed by atoms with Crippen molar-refractivity contribution in [2.24, 2.45) is 5.92 Å². The maximum atomic E-state index is 6.15. The number of aromatic nitrogens is 3. The van der Waals surface area contributed by atoms with Crippen LogP contribution in [-0.2, 0) is 19.4 Å². The van der Waals surface area contributed by atoms with Crippen LogP contribution in [0.25, 0.3) is 0 Å². The number of ether oxygens (including phenoxy) is 1. The maximum absolute atomic E-state index is 6.15. The van der Waals surface area contributed by atoms with Crippen molar-refractivity contribution < 1.29 is 4.74 Å². The molecule has 1 saturated carbocycles. The van der Waals surface area contributed by atoms with Crippen molar-refractivity contribution in [2.75, 3.05) is 0 Å². The molecule has 0 spiro atoms. The summed E-state index contributed by atoms with van der Waals surface area (Å²) in [6.07, 6.45) is 7.53. The van der Waals surface area contributed by atoms with E-state index in [0.29, 0.717) is 5.92 Å². The van der Waals surface area contributed by atoms with Crippen molar-refractivity contribution in [1.82, 2.24) is 15.0 Å². The van der Waals surface area contributed by atoms with Gasteiger partial charge in [-0.3, -0.25) is 0 Å². The fraction of sp³-hybridized carbons (Fsp3) is 0.360. The van der Waals surface area contributed by atoms with Crippen LogP contribution >= 0.6 is 0 Å². The van der Waals surface area contributed by atoms with Crippen molar-refractivity contribution in [3.63, 3.8) is 0 Å². The van der Waals surface area contributed by atoms with E-state index in [1.165, 1.54) is 29.5 Å². The lowest BCUT2D eigenvalue weighted by Gasteiger charge is -2.25. The molecule has 2 heterocycles. The first-order valence-electron chi connectivity index (χ1n) is 10.5. The molecule has 0 radical (unpaired) electrons. The van der Waals surface area contributed by atoms with E-state index in [-0.39, 0.29) is 6.10 Å². The summed E-state index contributed by atoms with van der Waals surface area (Å²) >= 11 is 0. The summed E-state index contributed by atoms with van der Waals surface area (Å²) in [6, 6.07) is 14.8. The first-order valence-corrected chi connectivity index (χ1v) is 10.5. The molecule has 1 fully saturated rings. The summed E-state index contributed by atoms with van der Waals surface area (Å²) in [5.74, 6) is 8.29. The van der Waals surface area contributed by atoms with Gasteiger partial charge >= 0.3 is 0 Å². The number of hydrogen-bond acceptors (Lipinski definition) is 3. The third-order valence-electron chi connectivity index (χ3n) is 5.70. The molecule has 5 rings (SSSR count). The molecule has 1 aromatic heterocycles. The minimum atomic E-state index is 0.141. The van der Waals surface area contributed by atoms with Gasteiger partial charge in [-0.1, -0.05) is 41.3 Å². The Labute approximate surface area is 171 Å². The van der Waals surface area contributed by atoms with Crippen LogP contribution in [0.2, 0.25) is 0 Å². The van der Waals surface area contributed by atoms with Crippen LogP contribution in [0.1, 0.15) is 47.2 Å². The van der Waals surface area contributed by atoms with Gasteiger partial charge in [0.15, 0.2) is 0 Å². The lowest BCUT2D eigenvalue weighted by Crippen LogP contribution is -2.27. The molecule has 0 bridgehead atoms. The zero-order chi connectivity index (χ0) is 19.6. The summed E-state index contributed by atoms with van der Waals surface area (Å²) in [7, 11) is 0. The monoisotopic (exact) mass is 383 g/mol. The Balaban J connectivity index is 1.25. The van der Waals surface area contributed by atoms with Crippen LogP contribution in [-0.4, -0.2) is 21.1 Å². The highest BCUT2D eigenvalue weighted by atomic mass is 16.5. The minimum Gasteiger partial charge on any atom is -0.488 e. The highest BCUT2D eigenvalue weighted by Gasteiger charge is 2.20. The van der Waals surface area contributed by atoms with Gasteiger partial charge in [0.2, 0.25) is 0 Å². The van der Waals surface area contributed by atoms with Gasteiger partial charge in [-0.15, -0.1) is 5.10 Å². The molecule has 0 saturated heterocycles. The molecule has 0 N–H and O–H groups in total. The summed E-state index contributed by atoms with van der Waals surface area (Å²) in [6.45, 7) is 2.87. The van der Waals surface area contributed by atoms with E-state index in [2.05, 4.69) is 65.5 Å². The van der Waals surface area contributed by atoms with Crippen molar-refractivity contribution >= 4 is 0 Å². The summed E-state index contributed by atoms with van der Waals surface area (Å²) in [5, 5.41) is 8.74. The Morgan fingerprint density at radius 1 is 1.14 bits per heavy atom. The first kappa shape index (κ1) is 18.0. The topological polar surface area (TPSA) is 39.9 Å². The first-order chi connectivity index (χ1) is 14.2. The van der Waals surface area contributed by atoms with Crippen molar-refractivity contribution in [1.29, 1.82) is 0 Å². The summed E-state index contributed by atoms with van der Waals surface area (Å²) in [5.41, 5.74) is 5.91. The Morgan fingerprint density at radius 2 is 2.03 bits per heavy atom. The largest absolute Gasteiger partial charge is 0.488 e. The third-order valence-corrected chi connectivity index (χ3v) is 5.70. The SMILES string of the molecule is Cc1ccc(C#CC2CC2)cc1Cc1cn(CC2CCc3ccccc3O2)nn1. The number of para-hydroxylation sites is 1. The predicted molar refractivity (Wildman–Crippen MR) is 113 cm³/mol. The second kappa shape index (κ2) is 7.75. The molecule has 1 atom stereocenters. The lowest BCUT2D eigenvalue weighted by atomic mass is 10.0. The van der Waals surface area contributed by atoms with Crippen LogP contribution < -0.4 is 4.74 Å². The van der Waals surface area contributed by atoms with Crippen molar-refractivity contribution in [2.45, 2.75) is 51.7 Å². The molecule has 29 heavy (non-hydrogen) atoms. The lowest BCUT2D eigenvalue weighted by molar-refractivity contribution is 0.149. The van der Waals surface area contributed by atoms with E-state index >= 15 is 0 Å². The second-order valence-corrected chi connectivity index (χ2v) is 8.18. The number of fused-ring (bicyclic) bond motifs is 1. The third kappa shape index (κ3) is 4.35. The normalized spacial score (nSPS) is 17.8. The Hall–Kier alpha value is -3.06. The van der Waals surface area contributed by atoms with Gasteiger partial charge in [0.25, 0.3) is 0 Å². The predicted octanol–water partition coefficient (Wildman–Crippen LogP) is 4.33. The molecule has 1 aliphatic heterocycles. The van der Waals surface area contributed by atoms with E-state index in [9.17, 15) is 0 Å². The van der Waals surface area contributed by atoms with Gasteiger partial charge in [0.05, 0.1) is 12.2 Å². The highest BCUT2D eigenvalue weighted by molar-refractivity contribution is 5.42. The van der Waals surface area contributed by atoms with Crippen LogP contribution in [0.15, 0.2) is 48.7 Å². The molecule has 3 aromatic rings. The average molecular weight is 383 g/mol. The number of hydrogen-bond donors (Lipinski definition) is 0. The van der Waals surface area contributed by atoms with Crippen molar-refractivity contribution in [3.8, 4) is 17.6 Å². The molecule has 2 aliphatic rings. The average Bonchev–Trinajstić information content (AvgIpc) is 3.47. The molecule has 2 aromatic carbocycles. The molecule has 4 heteroatoms. The molecule has 146 valence electrons. The Bertz CT molecular complexity index is 1080. The van der Waals surface area contributed by atoms with Gasteiger partial charge in [-0.05, 0) is 67.5 Å². The zero-order valence-electron chi connectivity index (χ0n) is 16.8. The van der Waals surface area contributed by atoms with Crippen LogP contribution in [0, 0.1) is 24.7 Å². The molecule has 0 amide bonds. The Morgan fingerprint density at radius 3 is 2.93 bits per heavy atom. The molecule has 1 aliphatic carbocycles. The quantitative estimate of drug-likeness (QED) is 0.630. The molecule has 4 nitrogen and oxygen atoms in total. The number of aryl methyl sites for hydroxylation is 2. The van der Waals surface area contributed by atoms with Gasteiger partial charge in [0.1, 0.15) is 11.9 Å². The van der Waals surface area contributed by atoms with Gasteiger partial charge in [-0.25, -0.2) is 4.68 Å².